The quantitative estimate of drug-likeness (QED) is 0.537. The van der Waals surface area contributed by atoms with Gasteiger partial charge in [-0.05, 0) is 75.5 Å². The van der Waals surface area contributed by atoms with Gasteiger partial charge >= 0.3 is 5.97 Å². The molecule has 0 radical (unpaired) electrons. The van der Waals surface area contributed by atoms with E-state index in [1.165, 1.54) is 18.4 Å². The van der Waals surface area contributed by atoms with Crippen LogP contribution in [-0.4, -0.2) is 22.8 Å². The average Bonchev–Trinajstić information content (AvgIpc) is 3.12. The van der Waals surface area contributed by atoms with Crippen molar-refractivity contribution in [3.8, 4) is 0 Å². The molecule has 0 unspecified atom stereocenters. The minimum absolute atomic E-state index is 0.0920. The smallest absolute Gasteiger partial charge is 0.334 e. The van der Waals surface area contributed by atoms with E-state index in [0.717, 1.165) is 18.4 Å². The number of ether oxygens (including phenoxy) is 1. The third kappa shape index (κ3) is 3.20. The Morgan fingerprint density at radius 2 is 2.04 bits per heavy atom. The number of hydrogen-bond acceptors (Lipinski definition) is 3. The van der Waals surface area contributed by atoms with Crippen LogP contribution in [0.1, 0.15) is 66.7 Å². The van der Waals surface area contributed by atoms with Crippen molar-refractivity contribution in [2.24, 2.45) is 35.0 Å². The second-order valence-electron chi connectivity index (χ2n) is 10.7. The first-order chi connectivity index (χ1) is 13.1. The van der Waals surface area contributed by atoms with Crippen molar-refractivity contribution >= 4 is 5.97 Å². The largest absolute Gasteiger partial charge is 0.458 e. The van der Waals surface area contributed by atoms with Crippen LogP contribution in [0.3, 0.4) is 0 Å². The molecule has 3 nitrogen and oxygen atoms in total. The maximum absolute atomic E-state index is 12.5. The van der Waals surface area contributed by atoms with Gasteiger partial charge in [0.25, 0.3) is 0 Å². The Morgan fingerprint density at radius 3 is 2.75 bits per heavy atom. The van der Waals surface area contributed by atoms with Crippen LogP contribution in [0.2, 0.25) is 0 Å². The summed E-state index contributed by atoms with van der Waals surface area (Å²) in [5, 5.41) is 11.2. The molecule has 0 spiro atoms. The number of aliphatic hydroxyl groups is 1. The first-order valence-electron chi connectivity index (χ1n) is 11.1. The molecule has 3 fully saturated rings. The van der Waals surface area contributed by atoms with Gasteiger partial charge in [-0.3, -0.25) is 0 Å². The van der Waals surface area contributed by atoms with Crippen LogP contribution < -0.4 is 0 Å². The molecule has 1 saturated heterocycles. The number of carbonyl (C=O) groups is 1. The normalized spacial score (nSPS) is 47.6. The Morgan fingerprint density at radius 1 is 1.29 bits per heavy atom. The number of rotatable bonds is 3. The predicted octanol–water partition coefficient (Wildman–Crippen LogP) is 5.21. The van der Waals surface area contributed by atoms with Crippen LogP contribution in [0.15, 0.2) is 35.5 Å². The summed E-state index contributed by atoms with van der Waals surface area (Å²) in [6.07, 6.45) is 13.8. The lowest BCUT2D eigenvalue weighted by Crippen LogP contribution is -2.40. The van der Waals surface area contributed by atoms with Crippen LogP contribution in [-0.2, 0) is 9.53 Å². The molecule has 3 heteroatoms. The first-order valence-corrected chi connectivity index (χ1v) is 11.1. The van der Waals surface area contributed by atoms with Gasteiger partial charge in [0, 0.05) is 17.9 Å². The minimum atomic E-state index is -0.743. The van der Waals surface area contributed by atoms with Crippen molar-refractivity contribution in [3.63, 3.8) is 0 Å². The van der Waals surface area contributed by atoms with E-state index in [1.807, 2.05) is 6.92 Å². The number of esters is 1. The van der Waals surface area contributed by atoms with Crippen LogP contribution in [0.4, 0.5) is 0 Å². The van der Waals surface area contributed by atoms with Gasteiger partial charge in [-0.2, -0.15) is 0 Å². The van der Waals surface area contributed by atoms with Gasteiger partial charge in [0.05, 0.1) is 5.60 Å². The zero-order valence-corrected chi connectivity index (χ0v) is 18.1. The summed E-state index contributed by atoms with van der Waals surface area (Å²) in [6.45, 7) is 11.0. The van der Waals surface area contributed by atoms with Gasteiger partial charge < -0.3 is 9.84 Å². The molecule has 1 heterocycles. The molecule has 0 aromatic carbocycles. The van der Waals surface area contributed by atoms with E-state index >= 15 is 0 Å². The Bertz CT molecular complexity index is 739. The van der Waals surface area contributed by atoms with Gasteiger partial charge in [-0.1, -0.05) is 43.7 Å². The highest BCUT2D eigenvalue weighted by atomic mass is 16.6. The number of hydrogen-bond donors (Lipinski definition) is 1. The lowest BCUT2D eigenvalue weighted by molar-refractivity contribution is -0.140. The van der Waals surface area contributed by atoms with Crippen molar-refractivity contribution < 1.29 is 14.6 Å². The Balaban J connectivity index is 1.64. The summed E-state index contributed by atoms with van der Waals surface area (Å²) >= 11 is 0. The molecule has 3 aliphatic carbocycles. The van der Waals surface area contributed by atoms with Crippen molar-refractivity contribution in [2.75, 3.05) is 0 Å². The van der Waals surface area contributed by atoms with Crippen molar-refractivity contribution in [1.29, 1.82) is 0 Å². The number of fused-ring (bicyclic) bond motifs is 1. The topological polar surface area (TPSA) is 46.5 Å². The molecule has 8 atom stereocenters. The van der Waals surface area contributed by atoms with Gasteiger partial charge in [0.2, 0.25) is 0 Å². The van der Waals surface area contributed by atoms with E-state index in [0.29, 0.717) is 24.2 Å². The molecule has 1 aliphatic heterocycles. The summed E-state index contributed by atoms with van der Waals surface area (Å²) in [7, 11) is 0. The monoisotopic (exact) mass is 384 g/mol. The lowest BCUT2D eigenvalue weighted by atomic mass is 9.63. The van der Waals surface area contributed by atoms with Crippen molar-refractivity contribution in [3.05, 3.63) is 35.5 Å². The van der Waals surface area contributed by atoms with Gasteiger partial charge in [0.15, 0.2) is 0 Å². The molecule has 0 aromatic rings. The van der Waals surface area contributed by atoms with Crippen LogP contribution in [0, 0.1) is 35.0 Å². The summed E-state index contributed by atoms with van der Waals surface area (Å²) in [5.74, 6) is 1.77. The molecule has 0 bridgehead atoms. The fraction of sp³-hybridized carbons (Fsp3) is 0.720. The van der Waals surface area contributed by atoms with Gasteiger partial charge in [-0.25, -0.2) is 4.79 Å². The molecular weight excluding hydrogens is 348 g/mol. The molecule has 4 aliphatic rings. The molecular formula is C25H36O3. The van der Waals surface area contributed by atoms with Crippen LogP contribution in [0.25, 0.3) is 0 Å². The molecule has 28 heavy (non-hydrogen) atoms. The summed E-state index contributed by atoms with van der Waals surface area (Å²) < 4.78 is 5.67. The zero-order chi connectivity index (χ0) is 20.3. The standard InChI is InChI=1S/C25H36O3/c1-15(2)7-6-8-16(3)17-11-12-24(4)13-20-22-18(9-10-19(17)24)23(26)28-21(22)14-25(20,5)27/h6-9,16-17,19-22,27H,10-14H2,1-5H3/b8-6-,18-9+/t16-,17+,19-,20-,21-,22+,24+,25+/m0/s1. The molecule has 1 N–H and O–H groups in total. The molecule has 0 aromatic heterocycles. The highest BCUT2D eigenvalue weighted by molar-refractivity contribution is 5.92. The highest BCUT2D eigenvalue weighted by Gasteiger charge is 2.61. The van der Waals surface area contributed by atoms with Crippen LogP contribution >= 0.6 is 0 Å². The van der Waals surface area contributed by atoms with E-state index in [-0.39, 0.29) is 29.3 Å². The second-order valence-corrected chi connectivity index (χ2v) is 10.7. The fourth-order valence-corrected chi connectivity index (χ4v) is 6.84. The minimum Gasteiger partial charge on any atom is -0.458 e. The molecule has 154 valence electrons. The number of carbonyl (C=O) groups excluding carboxylic acids is 1. The molecule has 2 saturated carbocycles. The van der Waals surface area contributed by atoms with Crippen molar-refractivity contribution in [1.82, 2.24) is 0 Å². The first kappa shape index (κ1) is 19.9. The Hall–Kier alpha value is -1.35. The fourth-order valence-electron chi connectivity index (χ4n) is 6.84. The Labute approximate surface area is 169 Å². The highest BCUT2D eigenvalue weighted by Crippen LogP contribution is 2.61. The lowest BCUT2D eigenvalue weighted by Gasteiger charge is -2.42. The average molecular weight is 385 g/mol. The summed E-state index contributed by atoms with van der Waals surface area (Å²) in [6, 6.07) is 0. The SMILES string of the molecule is CC(C)=C/C=C\[C@H](C)[C@H]1CC[C@]2(C)C[C@H]3[C@H]4/C(=C\C[C@@H]12)C(=O)O[C@H]4C[C@@]3(C)O. The van der Waals surface area contributed by atoms with Gasteiger partial charge in [0.1, 0.15) is 6.10 Å². The molecule has 4 rings (SSSR count). The van der Waals surface area contributed by atoms with Gasteiger partial charge in [-0.15, -0.1) is 0 Å². The van der Waals surface area contributed by atoms with E-state index in [2.05, 4.69) is 52.0 Å². The van der Waals surface area contributed by atoms with E-state index in [9.17, 15) is 9.90 Å². The third-order valence-corrected chi connectivity index (χ3v) is 8.36. The molecule has 0 amide bonds. The van der Waals surface area contributed by atoms with E-state index < -0.39 is 5.60 Å². The maximum Gasteiger partial charge on any atom is 0.334 e. The van der Waals surface area contributed by atoms with Crippen molar-refractivity contribution in [2.45, 2.75) is 78.4 Å². The van der Waals surface area contributed by atoms with E-state index in [1.54, 1.807) is 0 Å². The predicted molar refractivity (Wildman–Crippen MR) is 111 cm³/mol. The van der Waals surface area contributed by atoms with Crippen LogP contribution in [0.5, 0.6) is 0 Å². The maximum atomic E-state index is 12.5. The summed E-state index contributed by atoms with van der Waals surface area (Å²) in [5.41, 5.74) is 1.65. The third-order valence-electron chi connectivity index (χ3n) is 8.36. The van der Waals surface area contributed by atoms with E-state index in [4.69, 9.17) is 4.74 Å². The Kier molecular flexibility index (Phi) is 4.89. The number of allylic oxidation sites excluding steroid dienone is 5. The summed E-state index contributed by atoms with van der Waals surface area (Å²) in [4.78, 5) is 12.5. The zero-order valence-electron chi connectivity index (χ0n) is 18.1. The second kappa shape index (κ2) is 6.86.